The Hall–Kier alpha value is -1.23. The van der Waals surface area contributed by atoms with Gasteiger partial charge in [0.25, 0.3) is 0 Å². The molecule has 0 aromatic carbocycles. The maximum absolute atomic E-state index is 10.3. The van der Waals surface area contributed by atoms with Gasteiger partial charge in [-0.1, -0.05) is 11.3 Å². The zero-order chi connectivity index (χ0) is 8.43. The van der Waals surface area contributed by atoms with E-state index >= 15 is 0 Å². The lowest BCUT2D eigenvalue weighted by molar-refractivity contribution is -0.380. The summed E-state index contributed by atoms with van der Waals surface area (Å²) < 4.78 is 0. The second-order valence-corrected chi connectivity index (χ2v) is 2.85. The fraction of sp³-hybridized carbons (Fsp3) is 0.167. The predicted molar refractivity (Wildman–Crippen MR) is 41.1 cm³/mol. The third kappa shape index (κ3) is 1.27. The van der Waals surface area contributed by atoms with E-state index in [1.165, 1.54) is 5.38 Å². The molecular weight excluding hydrogens is 166 g/mol. The minimum absolute atomic E-state index is 0.0482. The van der Waals surface area contributed by atoms with Crippen molar-refractivity contribution < 1.29 is 9.72 Å². The van der Waals surface area contributed by atoms with Crippen molar-refractivity contribution in [2.24, 2.45) is 0 Å². The lowest BCUT2D eigenvalue weighted by Gasteiger charge is -1.86. The van der Waals surface area contributed by atoms with Gasteiger partial charge in [-0.3, -0.25) is 14.9 Å². The van der Waals surface area contributed by atoms with Gasteiger partial charge in [0.05, 0.1) is 4.92 Å². The molecule has 0 aliphatic rings. The van der Waals surface area contributed by atoms with E-state index in [2.05, 4.69) is 0 Å². The van der Waals surface area contributed by atoms with Gasteiger partial charge in [-0.15, -0.1) is 0 Å². The summed E-state index contributed by atoms with van der Waals surface area (Å²) in [6.45, 7) is 1.57. The number of hydrogen-bond donors (Lipinski definition) is 0. The van der Waals surface area contributed by atoms with Crippen molar-refractivity contribution in [2.45, 2.75) is 6.92 Å². The molecule has 1 aromatic rings. The van der Waals surface area contributed by atoms with E-state index in [1.807, 2.05) is 0 Å². The molecule has 0 saturated heterocycles. The Bertz CT molecular complexity index is 305. The quantitative estimate of drug-likeness (QED) is 0.387. The smallest absolute Gasteiger partial charge is 0.298 e. The predicted octanol–water partition coefficient (Wildman–Crippen LogP) is 1.78. The fourth-order valence-corrected chi connectivity index (χ4v) is 1.57. The first-order valence-corrected chi connectivity index (χ1v) is 3.72. The molecule has 1 aromatic heterocycles. The Morgan fingerprint density at radius 1 is 1.73 bits per heavy atom. The molecule has 58 valence electrons. The third-order valence-corrected chi connectivity index (χ3v) is 2.39. The largest absolute Gasteiger partial charge is 0.327 e. The molecule has 1 rings (SSSR count). The van der Waals surface area contributed by atoms with Crippen LogP contribution in [0.5, 0.6) is 0 Å². The molecule has 0 bridgehead atoms. The third-order valence-electron chi connectivity index (χ3n) is 1.34. The van der Waals surface area contributed by atoms with Gasteiger partial charge >= 0.3 is 5.00 Å². The van der Waals surface area contributed by atoms with Crippen LogP contribution in [0.25, 0.3) is 0 Å². The second-order valence-electron chi connectivity index (χ2n) is 2.00. The Balaban J connectivity index is 3.20. The molecule has 0 radical (unpaired) electrons. The van der Waals surface area contributed by atoms with Crippen LogP contribution in [0.1, 0.15) is 15.9 Å². The van der Waals surface area contributed by atoms with E-state index in [-0.39, 0.29) is 5.00 Å². The number of nitro groups is 1. The van der Waals surface area contributed by atoms with Crippen molar-refractivity contribution in [1.82, 2.24) is 0 Å². The lowest BCUT2D eigenvalue weighted by atomic mass is 10.2. The van der Waals surface area contributed by atoms with Crippen molar-refractivity contribution in [3.05, 3.63) is 26.6 Å². The first kappa shape index (κ1) is 7.87. The van der Waals surface area contributed by atoms with Crippen LogP contribution in [0.15, 0.2) is 5.38 Å². The molecule has 5 heteroatoms. The lowest BCUT2D eigenvalue weighted by Crippen LogP contribution is -1.87. The van der Waals surface area contributed by atoms with Crippen molar-refractivity contribution in [1.29, 1.82) is 0 Å². The average molecular weight is 171 g/mol. The van der Waals surface area contributed by atoms with Gasteiger partial charge in [0.1, 0.15) is 0 Å². The Morgan fingerprint density at radius 2 is 2.36 bits per heavy atom. The van der Waals surface area contributed by atoms with Gasteiger partial charge < -0.3 is 0 Å². The standard InChI is InChI=1S/C6H5NO3S/c1-4-5(2-8)3-11-6(4)7(9)10/h2-3H,1H3. The van der Waals surface area contributed by atoms with Crippen LogP contribution in [-0.2, 0) is 0 Å². The summed E-state index contributed by atoms with van der Waals surface area (Å²) >= 11 is 0.979. The fourth-order valence-electron chi connectivity index (χ4n) is 0.716. The Kier molecular flexibility index (Phi) is 2.00. The van der Waals surface area contributed by atoms with E-state index in [4.69, 9.17) is 0 Å². The normalized spacial score (nSPS) is 9.55. The zero-order valence-corrected chi connectivity index (χ0v) is 6.55. The molecular formula is C6H5NO3S. The number of rotatable bonds is 2. The topological polar surface area (TPSA) is 60.2 Å². The summed E-state index contributed by atoms with van der Waals surface area (Å²) in [5.74, 6) is 0. The number of nitrogens with zero attached hydrogens (tertiary/aromatic N) is 1. The highest BCUT2D eigenvalue weighted by Crippen LogP contribution is 2.27. The highest BCUT2D eigenvalue weighted by atomic mass is 32.1. The van der Waals surface area contributed by atoms with Crippen LogP contribution >= 0.6 is 11.3 Å². The monoisotopic (exact) mass is 171 g/mol. The van der Waals surface area contributed by atoms with Crippen LogP contribution in [0.2, 0.25) is 0 Å². The highest BCUT2D eigenvalue weighted by molar-refractivity contribution is 7.13. The summed E-state index contributed by atoms with van der Waals surface area (Å²) in [6.07, 6.45) is 0.624. The SMILES string of the molecule is Cc1c(C=O)csc1[N+](=O)[O-]. The van der Waals surface area contributed by atoms with Crippen LogP contribution in [0.3, 0.4) is 0 Å². The molecule has 0 aliphatic carbocycles. The molecule has 0 saturated carbocycles. The van der Waals surface area contributed by atoms with Gasteiger partial charge in [0.2, 0.25) is 0 Å². The zero-order valence-electron chi connectivity index (χ0n) is 5.73. The van der Waals surface area contributed by atoms with Crippen molar-refractivity contribution >= 4 is 22.6 Å². The summed E-state index contributed by atoms with van der Waals surface area (Å²) in [5, 5.41) is 11.8. The summed E-state index contributed by atoms with van der Waals surface area (Å²) in [7, 11) is 0. The van der Waals surface area contributed by atoms with Gasteiger partial charge in [-0.05, 0) is 6.92 Å². The van der Waals surface area contributed by atoms with E-state index in [9.17, 15) is 14.9 Å². The number of aldehydes is 1. The molecule has 0 unspecified atom stereocenters. The highest BCUT2D eigenvalue weighted by Gasteiger charge is 2.15. The van der Waals surface area contributed by atoms with Gasteiger partial charge in [-0.2, -0.15) is 0 Å². The van der Waals surface area contributed by atoms with Crippen molar-refractivity contribution in [2.75, 3.05) is 0 Å². The van der Waals surface area contributed by atoms with Crippen LogP contribution in [-0.4, -0.2) is 11.2 Å². The minimum Gasteiger partial charge on any atom is -0.298 e. The summed E-state index contributed by atoms with van der Waals surface area (Å²) in [4.78, 5) is 20.0. The summed E-state index contributed by atoms with van der Waals surface area (Å²) in [6, 6.07) is 0. The van der Waals surface area contributed by atoms with Crippen molar-refractivity contribution in [3.8, 4) is 0 Å². The van der Waals surface area contributed by atoms with Crippen molar-refractivity contribution in [3.63, 3.8) is 0 Å². The summed E-state index contributed by atoms with van der Waals surface area (Å²) in [5.41, 5.74) is 0.858. The minimum atomic E-state index is -0.479. The molecule has 0 spiro atoms. The molecule has 0 atom stereocenters. The number of hydrogen-bond acceptors (Lipinski definition) is 4. The molecule has 0 N–H and O–H groups in total. The molecule has 1 heterocycles. The molecule has 11 heavy (non-hydrogen) atoms. The Labute approximate surface area is 66.6 Å². The molecule has 4 nitrogen and oxygen atoms in total. The van der Waals surface area contributed by atoms with Crippen LogP contribution in [0, 0.1) is 17.0 Å². The maximum Gasteiger partial charge on any atom is 0.327 e. The van der Waals surface area contributed by atoms with Crippen LogP contribution < -0.4 is 0 Å². The number of thiophene rings is 1. The second kappa shape index (κ2) is 2.79. The van der Waals surface area contributed by atoms with Gasteiger partial charge in [-0.25, -0.2) is 0 Å². The first-order chi connectivity index (χ1) is 5.16. The first-order valence-electron chi connectivity index (χ1n) is 2.84. The number of carbonyl (C=O) groups excluding carboxylic acids is 1. The Morgan fingerprint density at radius 3 is 2.64 bits per heavy atom. The van der Waals surface area contributed by atoms with E-state index < -0.39 is 4.92 Å². The molecule has 0 aliphatic heterocycles. The van der Waals surface area contributed by atoms with Crippen LogP contribution in [0.4, 0.5) is 5.00 Å². The maximum atomic E-state index is 10.3. The molecule has 0 amide bonds. The number of carbonyl (C=O) groups is 1. The van der Waals surface area contributed by atoms with Gasteiger partial charge in [0.15, 0.2) is 6.29 Å². The van der Waals surface area contributed by atoms with E-state index in [1.54, 1.807) is 6.92 Å². The van der Waals surface area contributed by atoms with E-state index in [0.717, 1.165) is 11.3 Å². The van der Waals surface area contributed by atoms with E-state index in [0.29, 0.717) is 17.4 Å². The van der Waals surface area contributed by atoms with Gasteiger partial charge in [0, 0.05) is 16.5 Å². The molecule has 0 fully saturated rings. The average Bonchev–Trinajstić information content (AvgIpc) is 2.30.